The van der Waals surface area contributed by atoms with E-state index < -0.39 is 10.0 Å². The van der Waals surface area contributed by atoms with Crippen molar-refractivity contribution in [1.82, 2.24) is 19.7 Å². The van der Waals surface area contributed by atoms with E-state index in [1.807, 2.05) is 0 Å². The fourth-order valence-corrected chi connectivity index (χ4v) is 2.08. The van der Waals surface area contributed by atoms with Gasteiger partial charge >= 0.3 is 0 Å². The van der Waals surface area contributed by atoms with Crippen LogP contribution in [0.25, 0.3) is 5.95 Å². The zero-order valence-electron chi connectivity index (χ0n) is 9.11. The molecule has 0 spiro atoms. The molecule has 2 aromatic heterocycles. The van der Waals surface area contributed by atoms with Gasteiger partial charge in [0.15, 0.2) is 0 Å². The highest BCUT2D eigenvalue weighted by Crippen LogP contribution is 2.10. The SMILES string of the molecule is Cc1nn(-c2ncccn2)cc1CS(N)(=O)=O. The quantitative estimate of drug-likeness (QED) is 0.813. The molecule has 2 rings (SSSR count). The molecule has 90 valence electrons. The number of aromatic nitrogens is 4. The first-order valence-corrected chi connectivity index (χ1v) is 6.50. The molecular weight excluding hydrogens is 242 g/mol. The van der Waals surface area contributed by atoms with Crippen molar-refractivity contribution in [2.24, 2.45) is 5.14 Å². The van der Waals surface area contributed by atoms with E-state index in [1.165, 1.54) is 4.68 Å². The normalized spacial score (nSPS) is 11.6. The number of aryl methyl sites for hydroxylation is 1. The van der Waals surface area contributed by atoms with E-state index in [-0.39, 0.29) is 5.75 Å². The minimum atomic E-state index is -3.56. The lowest BCUT2D eigenvalue weighted by atomic mass is 10.3. The molecule has 0 radical (unpaired) electrons. The summed E-state index contributed by atoms with van der Waals surface area (Å²) in [4.78, 5) is 8.02. The first kappa shape index (κ1) is 11.7. The smallest absolute Gasteiger partial charge is 0.228 e. The third-order valence-corrected chi connectivity index (χ3v) is 2.83. The lowest BCUT2D eigenvalue weighted by molar-refractivity contribution is 0.597. The van der Waals surface area contributed by atoms with Crippen molar-refractivity contribution in [3.05, 3.63) is 35.9 Å². The van der Waals surface area contributed by atoms with Gasteiger partial charge in [-0.1, -0.05) is 0 Å². The van der Waals surface area contributed by atoms with Crippen LogP contribution in [-0.4, -0.2) is 28.2 Å². The van der Waals surface area contributed by atoms with E-state index in [9.17, 15) is 8.42 Å². The molecule has 0 saturated carbocycles. The minimum absolute atomic E-state index is 0.244. The average Bonchev–Trinajstić information content (AvgIpc) is 2.59. The summed E-state index contributed by atoms with van der Waals surface area (Å²) >= 11 is 0. The summed E-state index contributed by atoms with van der Waals surface area (Å²) in [6.07, 6.45) is 4.73. The van der Waals surface area contributed by atoms with Crippen molar-refractivity contribution < 1.29 is 8.42 Å². The van der Waals surface area contributed by atoms with Crippen LogP contribution in [0.4, 0.5) is 0 Å². The topological polar surface area (TPSA) is 104 Å². The van der Waals surface area contributed by atoms with Gasteiger partial charge in [0, 0.05) is 24.2 Å². The van der Waals surface area contributed by atoms with Crippen LogP contribution in [0, 0.1) is 6.92 Å². The Morgan fingerprint density at radius 3 is 2.59 bits per heavy atom. The summed E-state index contributed by atoms with van der Waals surface area (Å²) in [6, 6.07) is 1.69. The molecule has 2 aromatic rings. The molecule has 7 nitrogen and oxygen atoms in total. The van der Waals surface area contributed by atoms with Gasteiger partial charge in [-0.15, -0.1) is 0 Å². The molecule has 0 amide bonds. The van der Waals surface area contributed by atoms with Gasteiger partial charge < -0.3 is 0 Å². The Bertz CT molecular complexity index is 620. The maximum Gasteiger partial charge on any atom is 0.250 e. The largest absolute Gasteiger partial charge is 0.250 e. The summed E-state index contributed by atoms with van der Waals surface area (Å²) < 4.78 is 23.4. The van der Waals surface area contributed by atoms with E-state index >= 15 is 0 Å². The molecule has 2 heterocycles. The van der Waals surface area contributed by atoms with Gasteiger partial charge in [-0.3, -0.25) is 0 Å². The molecule has 0 fully saturated rings. The van der Waals surface area contributed by atoms with Gasteiger partial charge in [-0.2, -0.15) is 5.10 Å². The van der Waals surface area contributed by atoms with E-state index in [1.54, 1.807) is 31.6 Å². The Hall–Kier alpha value is -1.80. The predicted octanol–water partition coefficient (Wildman–Crippen LogP) is -0.241. The highest BCUT2D eigenvalue weighted by atomic mass is 32.2. The van der Waals surface area contributed by atoms with Crippen molar-refractivity contribution in [3.8, 4) is 5.95 Å². The fraction of sp³-hybridized carbons (Fsp3) is 0.222. The van der Waals surface area contributed by atoms with Crippen molar-refractivity contribution in [2.45, 2.75) is 12.7 Å². The third-order valence-electron chi connectivity index (χ3n) is 2.11. The van der Waals surface area contributed by atoms with Crippen LogP contribution in [0.15, 0.2) is 24.7 Å². The summed E-state index contributed by atoms with van der Waals surface area (Å²) in [6.45, 7) is 1.71. The molecule has 0 aliphatic heterocycles. The number of hydrogen-bond donors (Lipinski definition) is 1. The number of primary sulfonamides is 1. The predicted molar refractivity (Wildman–Crippen MR) is 60.7 cm³/mol. The molecule has 8 heteroatoms. The van der Waals surface area contributed by atoms with E-state index in [0.29, 0.717) is 17.2 Å². The van der Waals surface area contributed by atoms with Crippen LogP contribution in [0.5, 0.6) is 0 Å². The molecule has 0 atom stereocenters. The van der Waals surface area contributed by atoms with E-state index in [4.69, 9.17) is 5.14 Å². The van der Waals surface area contributed by atoms with Crippen molar-refractivity contribution in [1.29, 1.82) is 0 Å². The number of hydrogen-bond acceptors (Lipinski definition) is 5. The van der Waals surface area contributed by atoms with Gasteiger partial charge in [-0.25, -0.2) is 28.2 Å². The van der Waals surface area contributed by atoms with Crippen LogP contribution < -0.4 is 5.14 Å². The van der Waals surface area contributed by atoms with Gasteiger partial charge in [0.2, 0.25) is 16.0 Å². The molecule has 0 unspecified atom stereocenters. The van der Waals surface area contributed by atoms with Gasteiger partial charge in [-0.05, 0) is 13.0 Å². The minimum Gasteiger partial charge on any atom is -0.228 e. The maximum absolute atomic E-state index is 11.0. The highest BCUT2D eigenvalue weighted by molar-refractivity contribution is 7.88. The van der Waals surface area contributed by atoms with Crippen LogP contribution in [0.3, 0.4) is 0 Å². The molecule has 0 bridgehead atoms. The zero-order chi connectivity index (χ0) is 12.5. The lowest BCUT2D eigenvalue weighted by Crippen LogP contribution is -2.14. The maximum atomic E-state index is 11.0. The second-order valence-corrected chi connectivity index (χ2v) is 5.15. The number of nitrogens with two attached hydrogens (primary N) is 1. The number of rotatable bonds is 3. The highest BCUT2D eigenvalue weighted by Gasteiger charge is 2.12. The summed E-state index contributed by atoms with van der Waals surface area (Å²) in [5.41, 5.74) is 1.13. The van der Waals surface area contributed by atoms with E-state index in [0.717, 1.165) is 0 Å². The Balaban J connectivity index is 2.38. The van der Waals surface area contributed by atoms with Crippen molar-refractivity contribution >= 4 is 10.0 Å². The first-order chi connectivity index (χ1) is 7.96. The van der Waals surface area contributed by atoms with E-state index in [2.05, 4.69) is 15.1 Å². The van der Waals surface area contributed by atoms with Crippen LogP contribution in [0.1, 0.15) is 11.3 Å². The lowest BCUT2D eigenvalue weighted by Gasteiger charge is -1.96. The Labute approximate surface area is 98.4 Å². The number of nitrogens with zero attached hydrogens (tertiary/aromatic N) is 4. The fourth-order valence-electron chi connectivity index (χ4n) is 1.37. The summed E-state index contributed by atoms with van der Waals surface area (Å²) in [7, 11) is -3.56. The van der Waals surface area contributed by atoms with Crippen molar-refractivity contribution in [2.75, 3.05) is 0 Å². The van der Waals surface area contributed by atoms with Crippen molar-refractivity contribution in [3.63, 3.8) is 0 Å². The first-order valence-electron chi connectivity index (χ1n) is 4.79. The molecule has 0 aromatic carbocycles. The van der Waals surface area contributed by atoms with Gasteiger partial charge in [0.25, 0.3) is 0 Å². The second kappa shape index (κ2) is 4.22. The van der Waals surface area contributed by atoms with Crippen LogP contribution in [-0.2, 0) is 15.8 Å². The Morgan fingerprint density at radius 1 is 1.35 bits per heavy atom. The monoisotopic (exact) mass is 253 g/mol. The second-order valence-electron chi connectivity index (χ2n) is 3.54. The molecular formula is C9H11N5O2S. The third kappa shape index (κ3) is 2.86. The van der Waals surface area contributed by atoms with Gasteiger partial charge in [0.05, 0.1) is 11.4 Å². The summed E-state index contributed by atoms with van der Waals surface area (Å²) in [5.74, 6) is 0.141. The number of sulfonamides is 1. The Morgan fingerprint density at radius 2 is 2.00 bits per heavy atom. The molecule has 17 heavy (non-hydrogen) atoms. The molecule has 2 N–H and O–H groups in total. The molecule has 0 aliphatic carbocycles. The Kier molecular flexibility index (Phi) is 2.90. The summed E-state index contributed by atoms with van der Waals surface area (Å²) in [5, 5.41) is 9.12. The molecule has 0 aliphatic rings. The standard InChI is InChI=1S/C9H11N5O2S/c1-7-8(6-17(10,15)16)5-14(13-7)9-11-3-2-4-12-9/h2-5H,6H2,1H3,(H2,10,15,16). The van der Waals surface area contributed by atoms with Gasteiger partial charge in [0.1, 0.15) is 0 Å². The van der Waals surface area contributed by atoms with Crippen LogP contribution >= 0.6 is 0 Å². The average molecular weight is 253 g/mol. The van der Waals surface area contributed by atoms with Crippen LogP contribution in [0.2, 0.25) is 0 Å². The molecule has 0 saturated heterocycles. The zero-order valence-corrected chi connectivity index (χ0v) is 9.92.